The fourth-order valence-corrected chi connectivity index (χ4v) is 2.75. The number of aromatic nitrogens is 2. The first-order chi connectivity index (χ1) is 10.3. The van der Waals surface area contributed by atoms with Crippen LogP contribution in [0, 0.1) is 13.8 Å². The zero-order chi connectivity index (χ0) is 16.3. The summed E-state index contributed by atoms with van der Waals surface area (Å²) in [4.78, 5) is 11.5. The predicted octanol–water partition coefficient (Wildman–Crippen LogP) is 2.00. The van der Waals surface area contributed by atoms with Crippen LogP contribution in [0.1, 0.15) is 28.5 Å². The molecule has 2 N–H and O–H groups in total. The minimum absolute atomic E-state index is 0.0812. The molecule has 0 saturated carbocycles. The second-order valence-corrected chi connectivity index (χ2v) is 6.39. The van der Waals surface area contributed by atoms with Crippen LogP contribution in [0.5, 0.6) is 0 Å². The molecule has 1 aromatic carbocycles. The minimum Gasteiger partial charge on any atom is -0.461 e. The lowest BCUT2D eigenvalue weighted by Crippen LogP contribution is -2.13. The van der Waals surface area contributed by atoms with Crippen LogP contribution in [-0.4, -0.2) is 31.2 Å². The molecule has 7 nitrogen and oxygen atoms in total. The van der Waals surface area contributed by atoms with E-state index in [2.05, 4.69) is 14.9 Å². The third kappa shape index (κ3) is 3.45. The number of aryl methyl sites for hydroxylation is 2. The van der Waals surface area contributed by atoms with E-state index in [-0.39, 0.29) is 17.3 Å². The summed E-state index contributed by atoms with van der Waals surface area (Å²) < 4.78 is 31.7. The van der Waals surface area contributed by atoms with Gasteiger partial charge in [-0.05, 0) is 44.0 Å². The molecule has 0 atom stereocenters. The van der Waals surface area contributed by atoms with Gasteiger partial charge in [0.15, 0.2) is 10.7 Å². The van der Waals surface area contributed by atoms with E-state index in [1.165, 1.54) is 0 Å². The van der Waals surface area contributed by atoms with Crippen LogP contribution >= 0.6 is 0 Å². The Morgan fingerprint density at radius 3 is 2.64 bits per heavy atom. The maximum atomic E-state index is 12.3. The number of hydrogen-bond acceptors (Lipinski definition) is 5. The predicted molar refractivity (Wildman–Crippen MR) is 81.3 cm³/mol. The molecule has 22 heavy (non-hydrogen) atoms. The third-order valence-electron chi connectivity index (χ3n) is 3.09. The fourth-order valence-electron chi connectivity index (χ4n) is 1.77. The first-order valence-corrected chi connectivity index (χ1v) is 8.14. The SMILES string of the molecule is CCOC(=O)c1cc(S(=O)(=O)Nc2ccc(C)c(C)c2)[nH]n1. The topological polar surface area (TPSA) is 101 Å². The first kappa shape index (κ1) is 16.0. The number of benzene rings is 1. The van der Waals surface area contributed by atoms with Gasteiger partial charge in [0.1, 0.15) is 0 Å². The van der Waals surface area contributed by atoms with E-state index in [0.29, 0.717) is 5.69 Å². The van der Waals surface area contributed by atoms with Gasteiger partial charge in [0.05, 0.1) is 6.61 Å². The van der Waals surface area contributed by atoms with Crippen molar-refractivity contribution in [2.75, 3.05) is 11.3 Å². The smallest absolute Gasteiger partial charge is 0.358 e. The highest BCUT2D eigenvalue weighted by atomic mass is 32.2. The zero-order valence-electron chi connectivity index (χ0n) is 12.5. The monoisotopic (exact) mass is 323 g/mol. The van der Waals surface area contributed by atoms with Gasteiger partial charge in [-0.3, -0.25) is 9.82 Å². The summed E-state index contributed by atoms with van der Waals surface area (Å²) in [6, 6.07) is 6.36. The molecule has 2 rings (SSSR count). The van der Waals surface area contributed by atoms with Gasteiger partial charge in [-0.25, -0.2) is 4.79 Å². The molecule has 0 aliphatic carbocycles. The van der Waals surface area contributed by atoms with E-state index >= 15 is 0 Å². The molecule has 8 heteroatoms. The lowest BCUT2D eigenvalue weighted by Gasteiger charge is -2.08. The highest BCUT2D eigenvalue weighted by molar-refractivity contribution is 7.92. The molecule has 0 aliphatic rings. The molecule has 0 saturated heterocycles. The summed E-state index contributed by atoms with van der Waals surface area (Å²) >= 11 is 0. The zero-order valence-corrected chi connectivity index (χ0v) is 13.3. The van der Waals surface area contributed by atoms with Crippen molar-refractivity contribution in [3.05, 3.63) is 41.1 Å². The van der Waals surface area contributed by atoms with Gasteiger partial charge >= 0.3 is 5.97 Å². The Balaban J connectivity index is 2.23. The average molecular weight is 323 g/mol. The molecule has 0 bridgehead atoms. The van der Waals surface area contributed by atoms with Crippen molar-refractivity contribution < 1.29 is 17.9 Å². The number of anilines is 1. The normalized spacial score (nSPS) is 11.2. The number of esters is 1. The number of ether oxygens (including phenoxy) is 1. The van der Waals surface area contributed by atoms with Crippen LogP contribution < -0.4 is 4.72 Å². The summed E-state index contributed by atoms with van der Waals surface area (Å²) in [5.41, 5.74) is 2.39. The molecule has 0 aliphatic heterocycles. The number of carbonyl (C=O) groups is 1. The van der Waals surface area contributed by atoms with E-state index in [9.17, 15) is 13.2 Å². The van der Waals surface area contributed by atoms with Crippen LogP contribution in [-0.2, 0) is 14.8 Å². The van der Waals surface area contributed by atoms with Gasteiger partial charge in [0.2, 0.25) is 0 Å². The lowest BCUT2D eigenvalue weighted by atomic mass is 10.1. The van der Waals surface area contributed by atoms with Crippen LogP contribution in [0.4, 0.5) is 5.69 Å². The van der Waals surface area contributed by atoms with Crippen LogP contribution in [0.15, 0.2) is 29.3 Å². The standard InChI is InChI=1S/C14H17N3O4S/c1-4-21-14(18)12-8-13(16-15-12)22(19,20)17-11-6-5-9(2)10(3)7-11/h5-8,17H,4H2,1-3H3,(H,15,16). The molecule has 1 heterocycles. The van der Waals surface area contributed by atoms with Crippen molar-refractivity contribution in [2.45, 2.75) is 25.8 Å². The third-order valence-corrected chi connectivity index (χ3v) is 4.38. The Labute approximate surface area is 128 Å². The summed E-state index contributed by atoms with van der Waals surface area (Å²) in [6.45, 7) is 5.68. The summed E-state index contributed by atoms with van der Waals surface area (Å²) in [5, 5.41) is 5.79. The van der Waals surface area contributed by atoms with Crippen molar-refractivity contribution in [1.29, 1.82) is 0 Å². The number of aromatic amines is 1. The molecule has 1 aromatic heterocycles. The Hall–Kier alpha value is -2.35. The maximum Gasteiger partial charge on any atom is 0.358 e. The first-order valence-electron chi connectivity index (χ1n) is 6.66. The van der Waals surface area contributed by atoms with Crippen LogP contribution in [0.3, 0.4) is 0 Å². The number of nitrogens with one attached hydrogen (secondary N) is 2. The van der Waals surface area contributed by atoms with Crippen molar-refractivity contribution in [3.8, 4) is 0 Å². The number of nitrogens with zero attached hydrogens (tertiary/aromatic N) is 1. The van der Waals surface area contributed by atoms with Gasteiger partial charge < -0.3 is 4.74 Å². The van der Waals surface area contributed by atoms with Crippen molar-refractivity contribution in [2.24, 2.45) is 0 Å². The number of rotatable bonds is 5. The number of H-pyrrole nitrogens is 1. The van der Waals surface area contributed by atoms with Gasteiger partial charge in [-0.1, -0.05) is 6.07 Å². The van der Waals surface area contributed by atoms with E-state index in [1.807, 2.05) is 19.9 Å². The minimum atomic E-state index is -3.85. The molecule has 118 valence electrons. The van der Waals surface area contributed by atoms with E-state index < -0.39 is 16.0 Å². The molecular formula is C14H17N3O4S. The highest BCUT2D eigenvalue weighted by Crippen LogP contribution is 2.18. The largest absolute Gasteiger partial charge is 0.461 e. The summed E-state index contributed by atoms with van der Waals surface area (Å²) in [7, 11) is -3.85. The van der Waals surface area contributed by atoms with Gasteiger partial charge in [-0.2, -0.15) is 13.5 Å². The molecular weight excluding hydrogens is 306 g/mol. The van der Waals surface area contributed by atoms with Crippen molar-refractivity contribution >= 4 is 21.7 Å². The van der Waals surface area contributed by atoms with Gasteiger partial charge in [0.25, 0.3) is 10.0 Å². The second-order valence-electron chi connectivity index (χ2n) is 4.74. The van der Waals surface area contributed by atoms with Crippen molar-refractivity contribution in [1.82, 2.24) is 10.2 Å². The van der Waals surface area contributed by atoms with E-state index in [1.54, 1.807) is 19.1 Å². The van der Waals surface area contributed by atoms with E-state index in [0.717, 1.165) is 17.2 Å². The van der Waals surface area contributed by atoms with Crippen LogP contribution in [0.25, 0.3) is 0 Å². The summed E-state index contributed by atoms with van der Waals surface area (Å²) in [6.07, 6.45) is 0. The Morgan fingerprint density at radius 1 is 1.27 bits per heavy atom. The molecule has 0 amide bonds. The molecule has 0 unspecified atom stereocenters. The van der Waals surface area contributed by atoms with Crippen molar-refractivity contribution in [3.63, 3.8) is 0 Å². The number of sulfonamides is 1. The quantitative estimate of drug-likeness (QED) is 0.820. The fraction of sp³-hybridized carbons (Fsp3) is 0.286. The number of carbonyl (C=O) groups excluding carboxylic acids is 1. The molecule has 0 radical (unpaired) electrons. The molecule has 2 aromatic rings. The van der Waals surface area contributed by atoms with E-state index in [4.69, 9.17) is 4.74 Å². The Bertz CT molecular complexity index is 796. The lowest BCUT2D eigenvalue weighted by molar-refractivity contribution is 0.0519. The molecule has 0 spiro atoms. The summed E-state index contributed by atoms with van der Waals surface area (Å²) in [5.74, 6) is -0.675. The Kier molecular flexibility index (Phi) is 4.51. The second kappa shape index (κ2) is 6.18. The highest BCUT2D eigenvalue weighted by Gasteiger charge is 2.20. The number of hydrogen-bond donors (Lipinski definition) is 2. The Morgan fingerprint density at radius 2 is 2.00 bits per heavy atom. The average Bonchev–Trinajstić information content (AvgIpc) is 2.93. The maximum absolute atomic E-state index is 12.3. The van der Waals surface area contributed by atoms with Gasteiger partial charge in [-0.15, -0.1) is 0 Å². The van der Waals surface area contributed by atoms with Crippen LogP contribution in [0.2, 0.25) is 0 Å². The molecule has 0 fully saturated rings. The van der Waals surface area contributed by atoms with Gasteiger partial charge in [0, 0.05) is 11.8 Å².